The molecule has 1 unspecified atom stereocenters. The average molecular weight is 241 g/mol. The minimum absolute atomic E-state index is 0.653. The van der Waals surface area contributed by atoms with E-state index in [1.54, 1.807) is 20.8 Å². The number of likely N-dealkylation sites (N-methyl/N-ethyl adjacent to an activating group) is 1. The highest BCUT2D eigenvalue weighted by Gasteiger charge is 2.34. The third-order valence-electron chi connectivity index (χ3n) is 1.84. The van der Waals surface area contributed by atoms with Crippen molar-refractivity contribution in [2.24, 2.45) is 0 Å². The Morgan fingerprint density at radius 2 is 1.75 bits per heavy atom. The molecular weight excluding hydrogens is 223 g/mol. The summed E-state index contributed by atoms with van der Waals surface area (Å²) in [7, 11) is 1.24. The molecule has 0 aromatic heterocycles. The number of ether oxygens (including phenoxy) is 1. The molecule has 1 atom stereocenters. The first-order valence-electron chi connectivity index (χ1n) is 4.92. The highest BCUT2D eigenvalue weighted by atomic mass is 19.4. The fourth-order valence-electron chi connectivity index (χ4n) is 0.987. The molecule has 0 aliphatic carbocycles. The first-order valence-corrected chi connectivity index (χ1v) is 4.92. The lowest BCUT2D eigenvalue weighted by Gasteiger charge is -2.27. The van der Waals surface area contributed by atoms with Gasteiger partial charge in [-0.3, -0.25) is 9.69 Å². The van der Waals surface area contributed by atoms with Crippen molar-refractivity contribution in [1.82, 2.24) is 4.90 Å². The summed E-state index contributed by atoms with van der Waals surface area (Å²) in [4.78, 5) is 12.4. The highest BCUT2D eigenvalue weighted by Crippen LogP contribution is 2.18. The standard InChI is InChI=1S/C10H18F3NO2/c1-7(8(15)16-9(2,3)4)14(5)6-10(11,12)13/h7H,6H2,1-5H3. The van der Waals surface area contributed by atoms with Crippen LogP contribution < -0.4 is 0 Å². The number of nitrogens with zero attached hydrogens (tertiary/aromatic N) is 1. The lowest BCUT2D eigenvalue weighted by Crippen LogP contribution is -2.44. The molecule has 0 rings (SSSR count). The molecule has 0 aromatic carbocycles. The zero-order chi connectivity index (χ0) is 13.1. The Labute approximate surface area is 93.6 Å². The van der Waals surface area contributed by atoms with E-state index in [0.717, 1.165) is 4.90 Å². The van der Waals surface area contributed by atoms with E-state index in [-0.39, 0.29) is 0 Å². The van der Waals surface area contributed by atoms with Gasteiger partial charge in [0.15, 0.2) is 0 Å². The molecule has 0 saturated heterocycles. The smallest absolute Gasteiger partial charge is 0.401 e. The maximum Gasteiger partial charge on any atom is 0.401 e. The molecule has 0 bridgehead atoms. The van der Waals surface area contributed by atoms with Gasteiger partial charge in [-0.05, 0) is 34.7 Å². The summed E-state index contributed by atoms with van der Waals surface area (Å²) in [5.41, 5.74) is -0.690. The zero-order valence-corrected chi connectivity index (χ0v) is 10.2. The molecule has 0 aliphatic rings. The molecule has 96 valence electrons. The van der Waals surface area contributed by atoms with E-state index < -0.39 is 30.3 Å². The predicted molar refractivity (Wildman–Crippen MR) is 54.0 cm³/mol. The molecule has 0 fully saturated rings. The molecular formula is C10H18F3NO2. The first-order chi connectivity index (χ1) is 6.92. The van der Waals surface area contributed by atoms with Crippen molar-refractivity contribution in [2.75, 3.05) is 13.6 Å². The Morgan fingerprint density at radius 3 is 2.06 bits per heavy atom. The second kappa shape index (κ2) is 5.03. The summed E-state index contributed by atoms with van der Waals surface area (Å²) >= 11 is 0. The topological polar surface area (TPSA) is 29.5 Å². The number of carbonyl (C=O) groups is 1. The largest absolute Gasteiger partial charge is 0.459 e. The van der Waals surface area contributed by atoms with Crippen LogP contribution in [0.3, 0.4) is 0 Å². The van der Waals surface area contributed by atoms with E-state index in [2.05, 4.69) is 0 Å². The van der Waals surface area contributed by atoms with Crippen molar-refractivity contribution in [3.63, 3.8) is 0 Å². The van der Waals surface area contributed by atoms with Crippen molar-refractivity contribution in [2.45, 2.75) is 45.5 Å². The van der Waals surface area contributed by atoms with Crippen LogP contribution >= 0.6 is 0 Å². The Kier molecular flexibility index (Phi) is 4.79. The monoisotopic (exact) mass is 241 g/mol. The minimum Gasteiger partial charge on any atom is -0.459 e. The molecule has 0 aliphatic heterocycles. The van der Waals surface area contributed by atoms with E-state index in [1.165, 1.54) is 14.0 Å². The molecule has 0 amide bonds. The van der Waals surface area contributed by atoms with Gasteiger partial charge in [0.05, 0.1) is 6.54 Å². The molecule has 3 nitrogen and oxygen atoms in total. The van der Waals surface area contributed by atoms with E-state index >= 15 is 0 Å². The highest BCUT2D eigenvalue weighted by molar-refractivity contribution is 5.75. The third-order valence-corrected chi connectivity index (χ3v) is 1.84. The zero-order valence-electron chi connectivity index (χ0n) is 10.2. The number of esters is 1. The van der Waals surface area contributed by atoms with Gasteiger partial charge in [-0.15, -0.1) is 0 Å². The fourth-order valence-corrected chi connectivity index (χ4v) is 0.987. The van der Waals surface area contributed by atoms with Crippen LogP contribution in [-0.2, 0) is 9.53 Å². The van der Waals surface area contributed by atoms with Gasteiger partial charge in [0.2, 0.25) is 0 Å². The van der Waals surface area contributed by atoms with Crippen molar-refractivity contribution >= 4 is 5.97 Å². The van der Waals surface area contributed by atoms with Gasteiger partial charge in [-0.1, -0.05) is 0 Å². The van der Waals surface area contributed by atoms with E-state index in [0.29, 0.717) is 0 Å². The van der Waals surface area contributed by atoms with Gasteiger partial charge in [-0.2, -0.15) is 13.2 Å². The van der Waals surface area contributed by atoms with Gasteiger partial charge in [0.1, 0.15) is 11.6 Å². The number of hydrogen-bond donors (Lipinski definition) is 0. The normalized spacial score (nSPS) is 15.1. The fraction of sp³-hybridized carbons (Fsp3) is 0.900. The number of halogens is 3. The Balaban J connectivity index is 4.34. The second-order valence-electron chi connectivity index (χ2n) is 4.74. The molecule has 6 heteroatoms. The number of hydrogen-bond acceptors (Lipinski definition) is 3. The van der Waals surface area contributed by atoms with Gasteiger partial charge < -0.3 is 4.74 Å². The second-order valence-corrected chi connectivity index (χ2v) is 4.74. The van der Waals surface area contributed by atoms with E-state index in [1.807, 2.05) is 0 Å². The average Bonchev–Trinajstić information content (AvgIpc) is 1.96. The van der Waals surface area contributed by atoms with Crippen molar-refractivity contribution in [1.29, 1.82) is 0 Å². The Bertz CT molecular complexity index is 245. The maximum absolute atomic E-state index is 12.1. The summed E-state index contributed by atoms with van der Waals surface area (Å²) in [6.07, 6.45) is -4.31. The van der Waals surface area contributed by atoms with Gasteiger partial charge >= 0.3 is 12.1 Å². The molecule has 0 radical (unpaired) electrons. The predicted octanol–water partition coefficient (Wildman–Crippen LogP) is 2.21. The molecule has 0 N–H and O–H groups in total. The third kappa shape index (κ3) is 6.66. The molecule has 0 spiro atoms. The van der Waals surface area contributed by atoms with Crippen LogP contribution in [0.4, 0.5) is 13.2 Å². The van der Waals surface area contributed by atoms with Gasteiger partial charge in [-0.25, -0.2) is 0 Å². The molecule has 0 aromatic rings. The van der Waals surface area contributed by atoms with Crippen LogP contribution in [0.15, 0.2) is 0 Å². The van der Waals surface area contributed by atoms with Crippen LogP contribution in [0.25, 0.3) is 0 Å². The molecule has 0 heterocycles. The van der Waals surface area contributed by atoms with E-state index in [9.17, 15) is 18.0 Å². The van der Waals surface area contributed by atoms with Crippen molar-refractivity contribution < 1.29 is 22.7 Å². The number of rotatable bonds is 3. The van der Waals surface area contributed by atoms with Gasteiger partial charge in [0, 0.05) is 0 Å². The van der Waals surface area contributed by atoms with Crippen LogP contribution in [0.1, 0.15) is 27.7 Å². The lowest BCUT2D eigenvalue weighted by atomic mass is 10.2. The molecule has 16 heavy (non-hydrogen) atoms. The lowest BCUT2D eigenvalue weighted by molar-refractivity contribution is -0.169. The first kappa shape index (κ1) is 15.2. The summed E-state index contributed by atoms with van der Waals surface area (Å²) in [5.74, 6) is -0.653. The van der Waals surface area contributed by atoms with Crippen molar-refractivity contribution in [3.05, 3.63) is 0 Å². The van der Waals surface area contributed by atoms with Crippen LogP contribution in [0.2, 0.25) is 0 Å². The van der Waals surface area contributed by atoms with Crippen LogP contribution in [0.5, 0.6) is 0 Å². The quantitative estimate of drug-likeness (QED) is 0.709. The summed E-state index contributed by atoms with van der Waals surface area (Å²) in [5, 5.41) is 0. The minimum atomic E-state index is -4.31. The Morgan fingerprint density at radius 1 is 1.31 bits per heavy atom. The van der Waals surface area contributed by atoms with Crippen LogP contribution in [0, 0.1) is 0 Å². The summed E-state index contributed by atoms with van der Waals surface area (Å²) < 4.78 is 41.2. The Hall–Kier alpha value is -0.780. The van der Waals surface area contributed by atoms with Gasteiger partial charge in [0.25, 0.3) is 0 Å². The SMILES string of the molecule is CC(C(=O)OC(C)(C)C)N(C)CC(F)(F)F. The maximum atomic E-state index is 12.1. The number of alkyl halides is 3. The number of carbonyl (C=O) groups excluding carboxylic acids is 1. The van der Waals surface area contributed by atoms with Crippen LogP contribution in [-0.4, -0.2) is 42.3 Å². The van der Waals surface area contributed by atoms with Crippen molar-refractivity contribution in [3.8, 4) is 0 Å². The summed E-state index contributed by atoms with van der Waals surface area (Å²) in [6, 6.07) is -0.916. The summed E-state index contributed by atoms with van der Waals surface area (Å²) in [6.45, 7) is 5.26. The van der Waals surface area contributed by atoms with E-state index in [4.69, 9.17) is 4.74 Å². The molecule has 0 saturated carbocycles.